The first-order valence-corrected chi connectivity index (χ1v) is 10.1. The van der Waals surface area contributed by atoms with E-state index in [0.717, 1.165) is 0 Å². The number of hydrogen-bond acceptors (Lipinski definition) is 6. The molecule has 0 saturated heterocycles. The van der Waals surface area contributed by atoms with Gasteiger partial charge in [-0.1, -0.05) is 42.5 Å². The van der Waals surface area contributed by atoms with Crippen LogP contribution in [0.1, 0.15) is 30.1 Å². The molecule has 1 atom stereocenters. The standard InChI is InChI=1S/C19H19N3O5S/c20-18(24)17(13-7-2-1-3-8-13)27-16(23)11-6-12-21-19-14-9-4-5-10-15(14)28(25,26)22-19/h1-5,7-10,17H,6,11-12H2,(H2,20,24)(H,21,22). The predicted molar refractivity (Wildman–Crippen MR) is 102 cm³/mol. The number of nitrogens with two attached hydrogens (primary N) is 1. The summed E-state index contributed by atoms with van der Waals surface area (Å²) in [5.74, 6) is -1.08. The highest BCUT2D eigenvalue weighted by molar-refractivity contribution is 7.90. The first kappa shape index (κ1) is 19.6. The number of amidine groups is 1. The van der Waals surface area contributed by atoms with E-state index in [1.807, 2.05) is 0 Å². The first-order chi connectivity index (χ1) is 13.4. The van der Waals surface area contributed by atoms with Crippen LogP contribution >= 0.6 is 0 Å². The summed E-state index contributed by atoms with van der Waals surface area (Å²) in [6.07, 6.45) is -0.803. The number of sulfonamides is 1. The maximum Gasteiger partial charge on any atom is 0.306 e. The highest BCUT2D eigenvalue weighted by atomic mass is 32.2. The van der Waals surface area contributed by atoms with E-state index >= 15 is 0 Å². The molecule has 9 heteroatoms. The third kappa shape index (κ3) is 4.37. The number of esters is 1. The molecule has 1 heterocycles. The Bertz CT molecular complexity index is 1020. The maximum absolute atomic E-state index is 12.0. The lowest BCUT2D eigenvalue weighted by Crippen LogP contribution is -2.26. The zero-order valence-electron chi connectivity index (χ0n) is 14.9. The first-order valence-electron chi connectivity index (χ1n) is 8.59. The molecule has 1 unspecified atom stereocenters. The summed E-state index contributed by atoms with van der Waals surface area (Å²) < 4.78 is 31.6. The molecule has 28 heavy (non-hydrogen) atoms. The van der Waals surface area contributed by atoms with Crippen LogP contribution in [0.25, 0.3) is 0 Å². The van der Waals surface area contributed by atoms with Crippen LogP contribution in [0.5, 0.6) is 0 Å². The number of fused-ring (bicyclic) bond motifs is 1. The number of rotatable bonds is 7. The number of carbonyl (C=O) groups excluding carboxylic acids is 2. The van der Waals surface area contributed by atoms with Crippen molar-refractivity contribution in [1.82, 2.24) is 4.72 Å². The van der Waals surface area contributed by atoms with E-state index in [0.29, 0.717) is 17.5 Å². The van der Waals surface area contributed by atoms with Gasteiger partial charge in [0.1, 0.15) is 5.84 Å². The molecule has 146 valence electrons. The lowest BCUT2D eigenvalue weighted by molar-refractivity contribution is -0.155. The Balaban J connectivity index is 1.56. The molecule has 0 bridgehead atoms. The molecule has 1 amide bonds. The zero-order valence-corrected chi connectivity index (χ0v) is 15.7. The van der Waals surface area contributed by atoms with Crippen LogP contribution in [0.3, 0.4) is 0 Å². The Hall–Kier alpha value is -3.20. The second-order valence-corrected chi connectivity index (χ2v) is 7.77. The molecular weight excluding hydrogens is 382 g/mol. The molecule has 3 N–H and O–H groups in total. The van der Waals surface area contributed by atoms with E-state index in [9.17, 15) is 18.0 Å². The van der Waals surface area contributed by atoms with E-state index in [1.165, 1.54) is 6.07 Å². The molecule has 1 aliphatic rings. The molecule has 0 fully saturated rings. The van der Waals surface area contributed by atoms with Crippen LogP contribution in [-0.2, 0) is 24.3 Å². The summed E-state index contributed by atoms with van der Waals surface area (Å²) in [6.45, 7) is 0.216. The van der Waals surface area contributed by atoms with Crippen LogP contribution in [0.2, 0.25) is 0 Å². The Morgan fingerprint density at radius 2 is 1.75 bits per heavy atom. The van der Waals surface area contributed by atoms with Gasteiger partial charge in [-0.25, -0.2) is 8.42 Å². The number of hydrogen-bond donors (Lipinski definition) is 2. The Labute approximate surface area is 162 Å². The number of nitrogens with zero attached hydrogens (tertiary/aromatic N) is 1. The number of benzene rings is 2. The number of primary amides is 1. The van der Waals surface area contributed by atoms with Gasteiger partial charge in [0, 0.05) is 24.1 Å². The van der Waals surface area contributed by atoms with Crippen LogP contribution in [0.4, 0.5) is 0 Å². The highest BCUT2D eigenvalue weighted by Gasteiger charge is 2.30. The normalized spacial score (nSPS) is 16.8. The fraction of sp³-hybridized carbons (Fsp3) is 0.211. The van der Waals surface area contributed by atoms with Gasteiger partial charge in [-0.3, -0.25) is 19.3 Å². The third-order valence-corrected chi connectivity index (χ3v) is 5.48. The van der Waals surface area contributed by atoms with Crippen molar-refractivity contribution in [3.05, 3.63) is 65.7 Å². The molecule has 0 saturated carbocycles. The lowest BCUT2D eigenvalue weighted by Gasteiger charge is -2.14. The van der Waals surface area contributed by atoms with E-state index in [1.54, 1.807) is 48.5 Å². The molecule has 0 spiro atoms. The third-order valence-electron chi connectivity index (χ3n) is 4.08. The van der Waals surface area contributed by atoms with E-state index < -0.39 is 28.0 Å². The van der Waals surface area contributed by atoms with Gasteiger partial charge in [-0.05, 0) is 18.6 Å². The molecule has 8 nitrogen and oxygen atoms in total. The monoisotopic (exact) mass is 401 g/mol. The molecule has 3 rings (SSSR count). The topological polar surface area (TPSA) is 128 Å². The largest absolute Gasteiger partial charge is 0.447 e. The molecule has 0 radical (unpaired) electrons. The number of carbonyl (C=O) groups is 2. The average Bonchev–Trinajstić information content (AvgIpc) is 2.94. The van der Waals surface area contributed by atoms with Gasteiger partial charge in [-0.2, -0.15) is 0 Å². The van der Waals surface area contributed by atoms with Crippen molar-refractivity contribution in [3.63, 3.8) is 0 Å². The minimum absolute atomic E-state index is 0.0157. The molecule has 0 aromatic heterocycles. The summed E-state index contributed by atoms with van der Waals surface area (Å²) in [5, 5.41) is 0. The van der Waals surface area contributed by atoms with Gasteiger partial charge < -0.3 is 10.5 Å². The van der Waals surface area contributed by atoms with Crippen LogP contribution in [-0.4, -0.2) is 32.7 Å². The van der Waals surface area contributed by atoms with E-state index in [-0.39, 0.29) is 23.7 Å². The molecule has 2 aromatic carbocycles. The number of ether oxygens (including phenoxy) is 1. The molecule has 0 aliphatic carbocycles. The van der Waals surface area contributed by atoms with Crippen molar-refractivity contribution in [3.8, 4) is 0 Å². The second kappa shape index (κ2) is 8.22. The average molecular weight is 401 g/mol. The van der Waals surface area contributed by atoms with Gasteiger partial charge in [0.05, 0.1) is 4.90 Å². The maximum atomic E-state index is 12.0. The quantitative estimate of drug-likeness (QED) is 0.533. The smallest absolute Gasteiger partial charge is 0.306 e. The van der Waals surface area contributed by atoms with Gasteiger partial charge in [0.2, 0.25) is 6.10 Å². The fourth-order valence-electron chi connectivity index (χ4n) is 2.77. The van der Waals surface area contributed by atoms with Gasteiger partial charge in [0.25, 0.3) is 15.9 Å². The fourth-order valence-corrected chi connectivity index (χ4v) is 4.03. The van der Waals surface area contributed by atoms with Gasteiger partial charge >= 0.3 is 5.97 Å². The summed E-state index contributed by atoms with van der Waals surface area (Å²) in [5.41, 5.74) is 6.33. The summed E-state index contributed by atoms with van der Waals surface area (Å²) in [6, 6.07) is 15.0. The number of nitrogens with one attached hydrogen (secondary N) is 1. The summed E-state index contributed by atoms with van der Waals surface area (Å²) in [4.78, 5) is 28.0. The lowest BCUT2D eigenvalue weighted by atomic mass is 10.1. The molecular formula is C19H19N3O5S. The Kier molecular flexibility index (Phi) is 5.74. The van der Waals surface area contributed by atoms with E-state index in [2.05, 4.69) is 9.71 Å². The number of aliphatic imine (C=N–C) groups is 1. The zero-order chi connectivity index (χ0) is 20.1. The van der Waals surface area contributed by atoms with Crippen molar-refractivity contribution in [2.24, 2.45) is 10.7 Å². The Morgan fingerprint density at radius 3 is 2.46 bits per heavy atom. The van der Waals surface area contributed by atoms with Crippen molar-refractivity contribution in [2.75, 3.05) is 6.54 Å². The SMILES string of the molecule is NC(=O)C(OC(=O)CCCN=C1NS(=O)(=O)c2ccccc21)c1ccccc1. The van der Waals surface area contributed by atoms with Crippen molar-refractivity contribution in [2.45, 2.75) is 23.8 Å². The van der Waals surface area contributed by atoms with Gasteiger partial charge in [0.15, 0.2) is 0 Å². The highest BCUT2D eigenvalue weighted by Crippen LogP contribution is 2.22. The van der Waals surface area contributed by atoms with Crippen molar-refractivity contribution >= 4 is 27.7 Å². The van der Waals surface area contributed by atoms with Crippen molar-refractivity contribution < 1.29 is 22.7 Å². The second-order valence-electron chi connectivity index (χ2n) is 6.12. The summed E-state index contributed by atoms with van der Waals surface area (Å²) in [7, 11) is -3.59. The molecule has 1 aliphatic heterocycles. The number of amides is 1. The summed E-state index contributed by atoms with van der Waals surface area (Å²) >= 11 is 0. The van der Waals surface area contributed by atoms with E-state index in [4.69, 9.17) is 10.5 Å². The Morgan fingerprint density at radius 1 is 1.07 bits per heavy atom. The predicted octanol–water partition coefficient (Wildman–Crippen LogP) is 1.28. The van der Waals surface area contributed by atoms with Crippen LogP contribution < -0.4 is 10.5 Å². The van der Waals surface area contributed by atoms with Gasteiger partial charge in [-0.15, -0.1) is 0 Å². The van der Waals surface area contributed by atoms with Crippen LogP contribution in [0, 0.1) is 0 Å². The molecule has 2 aromatic rings. The van der Waals surface area contributed by atoms with Crippen molar-refractivity contribution in [1.29, 1.82) is 0 Å². The minimum atomic E-state index is -3.59. The minimum Gasteiger partial charge on any atom is -0.447 e. The van der Waals surface area contributed by atoms with Crippen LogP contribution in [0.15, 0.2) is 64.5 Å².